The number of nitrogens with zero attached hydrogens (tertiary/aromatic N) is 1. The third-order valence-electron chi connectivity index (χ3n) is 2.71. The largest absolute Gasteiger partial charge is 0.481 e. The molecule has 0 aliphatic carbocycles. The summed E-state index contributed by atoms with van der Waals surface area (Å²) in [5.41, 5.74) is 0.388. The number of carbonyl (C=O) groups excluding carboxylic acids is 1. The van der Waals surface area contributed by atoms with Gasteiger partial charge in [0.2, 0.25) is 0 Å². The molecule has 1 rings (SSSR count). The van der Waals surface area contributed by atoms with Gasteiger partial charge in [0.1, 0.15) is 11.4 Å². The van der Waals surface area contributed by atoms with E-state index in [1.54, 1.807) is 25.3 Å². The van der Waals surface area contributed by atoms with Gasteiger partial charge in [-0.25, -0.2) is 9.78 Å². The molecule has 2 N–H and O–H groups in total. The minimum atomic E-state index is -0.803. The van der Waals surface area contributed by atoms with E-state index in [9.17, 15) is 9.59 Å². The number of nitrogens with one attached hydrogen (secondary N) is 1. The summed E-state index contributed by atoms with van der Waals surface area (Å²) in [5, 5.41) is 11.7. The van der Waals surface area contributed by atoms with Gasteiger partial charge >= 0.3 is 11.9 Å². The van der Waals surface area contributed by atoms with Gasteiger partial charge in [0, 0.05) is 18.7 Å². The summed E-state index contributed by atoms with van der Waals surface area (Å²) in [7, 11) is 0. The zero-order valence-corrected chi connectivity index (χ0v) is 11.8. The summed E-state index contributed by atoms with van der Waals surface area (Å²) in [6.07, 6.45) is 2.99. The Morgan fingerprint density at radius 2 is 2.25 bits per heavy atom. The molecule has 0 saturated heterocycles. The number of esters is 1. The van der Waals surface area contributed by atoms with E-state index in [-0.39, 0.29) is 12.5 Å². The Hall–Kier alpha value is -2.11. The predicted octanol–water partition coefficient (Wildman–Crippen LogP) is 2.31. The Morgan fingerprint density at radius 1 is 1.50 bits per heavy atom. The highest BCUT2D eigenvalue weighted by molar-refractivity contribution is 5.94. The lowest BCUT2D eigenvalue weighted by atomic mass is 10.1. The number of rotatable bonds is 8. The number of anilines is 1. The van der Waals surface area contributed by atoms with Gasteiger partial charge in [-0.15, -0.1) is 0 Å². The number of aromatic nitrogens is 1. The van der Waals surface area contributed by atoms with Crippen LogP contribution in [0.2, 0.25) is 0 Å². The van der Waals surface area contributed by atoms with Crippen LogP contribution in [0.25, 0.3) is 0 Å². The van der Waals surface area contributed by atoms with Crippen LogP contribution in [0.5, 0.6) is 0 Å². The molecular weight excluding hydrogens is 260 g/mol. The number of carbonyl (C=O) groups is 2. The summed E-state index contributed by atoms with van der Waals surface area (Å²) < 4.78 is 4.97. The number of aliphatic carboxylic acids is 1. The Labute approximate surface area is 118 Å². The number of carboxylic acids is 1. The van der Waals surface area contributed by atoms with Crippen LogP contribution in [0.15, 0.2) is 18.3 Å². The highest BCUT2D eigenvalue weighted by atomic mass is 16.5. The zero-order valence-electron chi connectivity index (χ0n) is 11.8. The molecule has 1 heterocycles. The van der Waals surface area contributed by atoms with E-state index in [0.29, 0.717) is 30.8 Å². The van der Waals surface area contributed by atoms with Crippen LogP contribution in [0.1, 0.15) is 43.5 Å². The molecule has 0 spiro atoms. The molecule has 20 heavy (non-hydrogen) atoms. The van der Waals surface area contributed by atoms with Gasteiger partial charge in [-0.2, -0.15) is 0 Å². The minimum Gasteiger partial charge on any atom is -0.481 e. The summed E-state index contributed by atoms with van der Waals surface area (Å²) in [6.45, 7) is 3.97. The van der Waals surface area contributed by atoms with Gasteiger partial charge in [0.05, 0.1) is 6.61 Å². The molecule has 0 bridgehead atoms. The second-order valence-corrected chi connectivity index (χ2v) is 4.45. The molecule has 1 atom stereocenters. The quantitative estimate of drug-likeness (QED) is 0.710. The standard InChI is InChI=1S/C14H20N2O4/c1-3-20-14(19)11-7-5-9-15-13(11)16-10(2)6-4-8-12(17)18/h5,7,9-10H,3-4,6,8H2,1-2H3,(H,15,16)(H,17,18). The summed E-state index contributed by atoms with van der Waals surface area (Å²) in [6, 6.07) is 3.35. The van der Waals surface area contributed by atoms with Gasteiger partial charge in [-0.1, -0.05) is 0 Å². The summed E-state index contributed by atoms with van der Waals surface area (Å²) >= 11 is 0. The molecule has 6 heteroatoms. The molecular formula is C14H20N2O4. The number of hydrogen-bond donors (Lipinski definition) is 2. The highest BCUT2D eigenvalue weighted by Gasteiger charge is 2.14. The van der Waals surface area contributed by atoms with Crippen LogP contribution < -0.4 is 5.32 Å². The van der Waals surface area contributed by atoms with Gasteiger partial charge in [0.15, 0.2) is 0 Å². The van der Waals surface area contributed by atoms with Gasteiger partial charge < -0.3 is 15.2 Å². The Balaban J connectivity index is 2.62. The molecule has 0 radical (unpaired) electrons. The van der Waals surface area contributed by atoms with Gasteiger partial charge in [-0.05, 0) is 38.8 Å². The van der Waals surface area contributed by atoms with Crippen molar-refractivity contribution in [1.29, 1.82) is 0 Å². The van der Waals surface area contributed by atoms with E-state index in [2.05, 4.69) is 10.3 Å². The molecule has 0 aromatic carbocycles. The number of hydrogen-bond acceptors (Lipinski definition) is 5. The lowest BCUT2D eigenvalue weighted by Crippen LogP contribution is -2.19. The Morgan fingerprint density at radius 3 is 2.90 bits per heavy atom. The Kier molecular flexibility index (Phi) is 6.49. The summed E-state index contributed by atoms with van der Waals surface area (Å²) in [4.78, 5) is 26.4. The van der Waals surface area contributed by atoms with Crippen molar-refractivity contribution in [3.63, 3.8) is 0 Å². The second-order valence-electron chi connectivity index (χ2n) is 4.45. The third-order valence-corrected chi connectivity index (χ3v) is 2.71. The molecule has 0 amide bonds. The molecule has 0 aliphatic heterocycles. The SMILES string of the molecule is CCOC(=O)c1cccnc1NC(C)CCCC(=O)O. The molecule has 0 saturated carbocycles. The zero-order chi connectivity index (χ0) is 15.0. The topological polar surface area (TPSA) is 88.5 Å². The average Bonchev–Trinajstić information content (AvgIpc) is 2.39. The minimum absolute atomic E-state index is 0.0254. The molecule has 1 unspecified atom stereocenters. The first-order valence-electron chi connectivity index (χ1n) is 6.65. The smallest absolute Gasteiger partial charge is 0.341 e. The molecule has 1 aromatic heterocycles. The number of pyridine rings is 1. The fourth-order valence-electron chi connectivity index (χ4n) is 1.76. The predicted molar refractivity (Wildman–Crippen MR) is 74.8 cm³/mol. The van der Waals surface area contributed by atoms with E-state index < -0.39 is 11.9 Å². The molecule has 1 aromatic rings. The van der Waals surface area contributed by atoms with Crippen molar-refractivity contribution in [2.24, 2.45) is 0 Å². The monoisotopic (exact) mass is 280 g/mol. The first-order valence-corrected chi connectivity index (χ1v) is 6.65. The first kappa shape index (κ1) is 15.9. The van der Waals surface area contributed by atoms with Crippen LogP contribution in [0.3, 0.4) is 0 Å². The fourth-order valence-corrected chi connectivity index (χ4v) is 1.76. The maximum atomic E-state index is 11.8. The first-order chi connectivity index (χ1) is 9.54. The van der Waals surface area contributed by atoms with Crippen LogP contribution in [0.4, 0.5) is 5.82 Å². The number of ether oxygens (including phenoxy) is 1. The highest BCUT2D eigenvalue weighted by Crippen LogP contribution is 2.15. The van der Waals surface area contributed by atoms with E-state index >= 15 is 0 Å². The maximum Gasteiger partial charge on any atom is 0.341 e. The summed E-state index contributed by atoms with van der Waals surface area (Å²) in [5.74, 6) is -0.753. The van der Waals surface area contributed by atoms with Crippen molar-refractivity contribution in [2.75, 3.05) is 11.9 Å². The van der Waals surface area contributed by atoms with Gasteiger partial charge in [-0.3, -0.25) is 4.79 Å². The normalized spacial score (nSPS) is 11.7. The van der Waals surface area contributed by atoms with Crippen molar-refractivity contribution in [3.8, 4) is 0 Å². The lowest BCUT2D eigenvalue weighted by Gasteiger charge is -2.16. The van der Waals surface area contributed by atoms with Gasteiger partial charge in [0.25, 0.3) is 0 Å². The van der Waals surface area contributed by atoms with E-state index in [4.69, 9.17) is 9.84 Å². The Bertz CT molecular complexity index is 462. The van der Waals surface area contributed by atoms with Crippen LogP contribution in [0, 0.1) is 0 Å². The molecule has 0 fully saturated rings. The van der Waals surface area contributed by atoms with Crippen molar-refractivity contribution in [2.45, 2.75) is 39.2 Å². The van der Waals surface area contributed by atoms with Crippen LogP contribution in [-0.4, -0.2) is 34.7 Å². The van der Waals surface area contributed by atoms with E-state index in [0.717, 1.165) is 0 Å². The van der Waals surface area contributed by atoms with Crippen molar-refractivity contribution in [1.82, 2.24) is 4.98 Å². The average molecular weight is 280 g/mol. The third kappa shape index (κ3) is 5.26. The van der Waals surface area contributed by atoms with Crippen LogP contribution >= 0.6 is 0 Å². The maximum absolute atomic E-state index is 11.8. The van der Waals surface area contributed by atoms with E-state index in [1.165, 1.54) is 0 Å². The fraction of sp³-hybridized carbons (Fsp3) is 0.500. The van der Waals surface area contributed by atoms with Crippen LogP contribution in [-0.2, 0) is 9.53 Å². The van der Waals surface area contributed by atoms with E-state index in [1.807, 2.05) is 6.92 Å². The lowest BCUT2D eigenvalue weighted by molar-refractivity contribution is -0.137. The van der Waals surface area contributed by atoms with Crippen molar-refractivity contribution < 1.29 is 19.4 Å². The molecule has 6 nitrogen and oxygen atoms in total. The molecule has 110 valence electrons. The number of carboxylic acid groups (broad SMARTS) is 1. The van der Waals surface area contributed by atoms with Crippen molar-refractivity contribution >= 4 is 17.8 Å². The molecule has 0 aliphatic rings. The van der Waals surface area contributed by atoms with Crippen molar-refractivity contribution in [3.05, 3.63) is 23.9 Å². The second kappa shape index (κ2) is 8.14.